The van der Waals surface area contributed by atoms with Gasteiger partial charge in [-0.15, -0.1) is 11.3 Å². The number of pyridine rings is 1. The Morgan fingerprint density at radius 1 is 1.15 bits per heavy atom. The van der Waals surface area contributed by atoms with E-state index < -0.39 is 35.4 Å². The van der Waals surface area contributed by atoms with E-state index in [-0.39, 0.29) is 24.3 Å². The number of amides is 2. The fourth-order valence-electron chi connectivity index (χ4n) is 6.61. The van der Waals surface area contributed by atoms with Crippen LogP contribution >= 0.6 is 11.3 Å². The number of benzene rings is 1. The Kier molecular flexibility index (Phi) is 8.91. The third kappa shape index (κ3) is 6.40. The van der Waals surface area contributed by atoms with E-state index in [1.54, 1.807) is 19.1 Å². The molecule has 5 atom stereocenters. The lowest BCUT2D eigenvalue weighted by Crippen LogP contribution is -2.49. The van der Waals surface area contributed by atoms with Gasteiger partial charge in [-0.2, -0.15) is 0 Å². The van der Waals surface area contributed by atoms with E-state index in [9.17, 15) is 19.5 Å². The van der Waals surface area contributed by atoms with Crippen LogP contribution in [-0.2, 0) is 14.4 Å². The molecule has 6 rings (SSSR count). The number of carbonyl (C=O) groups excluding carboxylic acids is 2. The molecule has 0 saturated heterocycles. The van der Waals surface area contributed by atoms with Crippen molar-refractivity contribution >= 4 is 45.0 Å². The third-order valence-electron chi connectivity index (χ3n) is 9.24. The van der Waals surface area contributed by atoms with Crippen molar-refractivity contribution in [3.8, 4) is 23.0 Å². The highest BCUT2D eigenvalue weighted by molar-refractivity contribution is 7.14. The fraction of sp³-hybridized carbons (Fsp3) is 0.500. The van der Waals surface area contributed by atoms with Crippen LogP contribution in [0.2, 0.25) is 0 Å². The summed E-state index contributed by atoms with van der Waals surface area (Å²) in [5.74, 6) is -2.17. The molecule has 2 fully saturated rings. The van der Waals surface area contributed by atoms with Gasteiger partial charge < -0.3 is 30.1 Å². The molecule has 46 heavy (non-hydrogen) atoms. The number of nitrogens with zero attached hydrogens (tertiary/aromatic N) is 3. The van der Waals surface area contributed by atoms with Gasteiger partial charge >= 0.3 is 5.97 Å². The smallest absolute Gasteiger partial charge is 0.330 e. The zero-order chi connectivity index (χ0) is 32.6. The van der Waals surface area contributed by atoms with E-state index >= 15 is 0 Å². The van der Waals surface area contributed by atoms with E-state index in [0.29, 0.717) is 42.4 Å². The maximum Gasteiger partial charge on any atom is 0.330 e. The number of anilines is 1. The standard InChI is InChI=1S/C34H41N5O6S/c1-19(2)35-33-37-28(18-46-33)27-14-20-13-22(44-4)10-11-24(20)30(36-27)45-23-15-25-26(16-23)31(41)39(3)12-8-6-5-7-9-21-17-34(21,32(42)43)38-29(25)40/h7,9-11,13-14,18-19,21,23,25-26H,5-6,8,12,15-17H2,1-4H3,(H,35,37)(H,38,40)(H,42,43)/b9-7-/t21-,23-,25-,26-,34-/m1/s1. The first-order valence-corrected chi connectivity index (χ1v) is 16.8. The number of methoxy groups -OCH3 is 1. The Morgan fingerprint density at radius 2 is 1.96 bits per heavy atom. The molecule has 3 N–H and O–H groups in total. The number of carbonyl (C=O) groups is 3. The Morgan fingerprint density at radius 3 is 2.72 bits per heavy atom. The number of ether oxygens (including phenoxy) is 2. The average Bonchev–Trinajstić information content (AvgIpc) is 3.31. The SMILES string of the molecule is COc1ccc2c(O[C@@H]3C[C@H]4C(=O)N[C@]5(C(=O)O)C[C@H]5/C=C\CCCCN(C)C(=O)[C@@H]4C3)nc(-c3csc(NC(C)C)n3)cc2c1. The zero-order valence-corrected chi connectivity index (χ0v) is 27.4. The van der Waals surface area contributed by atoms with E-state index in [1.165, 1.54) is 11.3 Å². The molecular weight excluding hydrogens is 606 g/mol. The number of carboxylic acid groups (broad SMARTS) is 1. The number of aliphatic carboxylic acids is 1. The van der Waals surface area contributed by atoms with Crippen LogP contribution in [0.5, 0.6) is 11.6 Å². The maximum atomic E-state index is 13.8. The number of rotatable bonds is 7. The topological polar surface area (TPSA) is 143 Å². The molecule has 2 amide bonds. The molecule has 244 valence electrons. The second-order valence-corrected chi connectivity index (χ2v) is 13.8. The van der Waals surface area contributed by atoms with Gasteiger partial charge in [0.05, 0.1) is 24.6 Å². The van der Waals surface area contributed by atoms with Gasteiger partial charge in [0.15, 0.2) is 5.13 Å². The van der Waals surface area contributed by atoms with Gasteiger partial charge in [0.2, 0.25) is 17.7 Å². The van der Waals surface area contributed by atoms with Crippen LogP contribution in [0.3, 0.4) is 0 Å². The van der Waals surface area contributed by atoms with Crippen molar-refractivity contribution in [3.05, 3.63) is 41.8 Å². The molecule has 0 radical (unpaired) electrons. The molecule has 11 nitrogen and oxygen atoms in total. The van der Waals surface area contributed by atoms with Crippen molar-refractivity contribution in [1.29, 1.82) is 0 Å². The Hall–Kier alpha value is -4.19. The molecule has 2 aliphatic carbocycles. The first-order chi connectivity index (χ1) is 22.1. The molecule has 0 bridgehead atoms. The van der Waals surface area contributed by atoms with Gasteiger partial charge in [0.25, 0.3) is 0 Å². The van der Waals surface area contributed by atoms with Crippen LogP contribution in [0.4, 0.5) is 5.13 Å². The highest BCUT2D eigenvalue weighted by atomic mass is 32.1. The van der Waals surface area contributed by atoms with Gasteiger partial charge in [-0.05, 0) is 82.0 Å². The minimum Gasteiger partial charge on any atom is -0.497 e. The van der Waals surface area contributed by atoms with Gasteiger partial charge in [-0.25, -0.2) is 14.8 Å². The third-order valence-corrected chi connectivity index (χ3v) is 10.0. The van der Waals surface area contributed by atoms with E-state index in [1.807, 2.05) is 41.8 Å². The first kappa shape index (κ1) is 31.8. The van der Waals surface area contributed by atoms with Gasteiger partial charge in [0, 0.05) is 36.3 Å². The van der Waals surface area contributed by atoms with Crippen LogP contribution in [-0.4, -0.2) is 76.1 Å². The summed E-state index contributed by atoms with van der Waals surface area (Å²) in [4.78, 5) is 51.2. The number of fused-ring (bicyclic) bond motifs is 3. The molecule has 3 aromatic rings. The number of allylic oxidation sites excluding steroid dienone is 1. The summed E-state index contributed by atoms with van der Waals surface area (Å²) in [5, 5.41) is 20.6. The second-order valence-electron chi connectivity index (χ2n) is 12.9. The van der Waals surface area contributed by atoms with Crippen molar-refractivity contribution in [1.82, 2.24) is 20.2 Å². The van der Waals surface area contributed by atoms with Gasteiger partial charge in [-0.3, -0.25) is 9.59 Å². The first-order valence-electron chi connectivity index (χ1n) is 15.9. The summed E-state index contributed by atoms with van der Waals surface area (Å²) in [6, 6.07) is 7.83. The van der Waals surface area contributed by atoms with Crippen LogP contribution in [0, 0.1) is 17.8 Å². The summed E-state index contributed by atoms with van der Waals surface area (Å²) in [7, 11) is 3.38. The van der Waals surface area contributed by atoms with Crippen molar-refractivity contribution in [2.45, 2.75) is 70.1 Å². The normalized spacial score (nSPS) is 27.4. The van der Waals surface area contributed by atoms with Crippen LogP contribution < -0.4 is 20.1 Å². The predicted molar refractivity (Wildman–Crippen MR) is 176 cm³/mol. The molecule has 12 heteroatoms. The quantitative estimate of drug-likeness (QED) is 0.298. The van der Waals surface area contributed by atoms with Crippen molar-refractivity contribution in [2.75, 3.05) is 26.0 Å². The molecule has 2 aromatic heterocycles. The summed E-state index contributed by atoms with van der Waals surface area (Å²) in [5.41, 5.74) is -0.00591. The minimum atomic E-state index is -1.34. The van der Waals surface area contributed by atoms with Crippen LogP contribution in [0.15, 0.2) is 41.8 Å². The molecule has 0 spiro atoms. The monoisotopic (exact) mass is 647 g/mol. The summed E-state index contributed by atoms with van der Waals surface area (Å²) >= 11 is 1.50. The Balaban J connectivity index is 1.32. The number of hydrogen-bond donors (Lipinski definition) is 3. The largest absolute Gasteiger partial charge is 0.497 e. The second kappa shape index (κ2) is 12.9. The number of nitrogens with one attached hydrogen (secondary N) is 2. The molecule has 3 aliphatic rings. The van der Waals surface area contributed by atoms with Gasteiger partial charge in [0.1, 0.15) is 23.1 Å². The Bertz CT molecular complexity index is 1670. The minimum absolute atomic E-state index is 0.125. The van der Waals surface area contributed by atoms with Crippen LogP contribution in [0.1, 0.15) is 52.4 Å². The van der Waals surface area contributed by atoms with E-state index in [0.717, 1.165) is 35.2 Å². The number of thiazole rings is 1. The predicted octanol–water partition coefficient (Wildman–Crippen LogP) is 5.12. The van der Waals surface area contributed by atoms with E-state index in [2.05, 4.69) is 24.5 Å². The molecule has 1 aromatic carbocycles. The summed E-state index contributed by atoms with van der Waals surface area (Å²) in [6.45, 7) is 4.69. The molecule has 1 aliphatic heterocycles. The summed E-state index contributed by atoms with van der Waals surface area (Å²) < 4.78 is 12.1. The van der Waals surface area contributed by atoms with Crippen LogP contribution in [0.25, 0.3) is 22.2 Å². The lowest BCUT2D eigenvalue weighted by Gasteiger charge is -2.26. The average molecular weight is 648 g/mol. The lowest BCUT2D eigenvalue weighted by atomic mass is 9.93. The number of carboxylic acids is 1. The highest BCUT2D eigenvalue weighted by Crippen LogP contribution is 2.46. The van der Waals surface area contributed by atoms with E-state index in [4.69, 9.17) is 19.4 Å². The maximum absolute atomic E-state index is 13.8. The fourth-order valence-corrected chi connectivity index (χ4v) is 7.46. The van der Waals surface area contributed by atoms with Crippen molar-refractivity contribution in [2.24, 2.45) is 17.8 Å². The number of aromatic nitrogens is 2. The zero-order valence-electron chi connectivity index (χ0n) is 26.6. The molecule has 3 heterocycles. The molecular formula is C34H41N5O6S. The molecule has 2 saturated carbocycles. The summed E-state index contributed by atoms with van der Waals surface area (Å²) in [6.07, 6.45) is 6.83. The van der Waals surface area contributed by atoms with Crippen molar-refractivity contribution < 1.29 is 29.0 Å². The van der Waals surface area contributed by atoms with Gasteiger partial charge in [-0.1, -0.05) is 12.2 Å². The molecule has 0 unspecified atom stereocenters. The highest BCUT2D eigenvalue weighted by Gasteiger charge is 2.61. The van der Waals surface area contributed by atoms with Crippen molar-refractivity contribution in [3.63, 3.8) is 0 Å². The Labute approximate surface area is 272 Å². The lowest BCUT2D eigenvalue weighted by molar-refractivity contribution is -0.145. The number of hydrogen-bond acceptors (Lipinski definition) is 9.